The van der Waals surface area contributed by atoms with Crippen molar-refractivity contribution in [3.8, 4) is 4.66 Å². The van der Waals surface area contributed by atoms with E-state index in [9.17, 15) is 0 Å². The van der Waals surface area contributed by atoms with E-state index in [0.717, 1.165) is 0 Å². The topological polar surface area (TPSA) is 23.8 Å². The minimum absolute atomic E-state index is 1.11. The van der Waals surface area contributed by atoms with Crippen LogP contribution in [0.1, 0.15) is 0 Å². The number of hydrogen-bond donors (Lipinski definition) is 0. The minimum atomic E-state index is -1.11. The van der Waals surface area contributed by atoms with Crippen LogP contribution in [-0.4, -0.2) is 0 Å². The zero-order valence-electron chi connectivity index (χ0n) is 2.03. The Balaban J connectivity index is 2.43. The van der Waals surface area contributed by atoms with Gasteiger partial charge in [0.25, 0.3) is 0 Å². The van der Waals surface area contributed by atoms with Crippen LogP contribution in [0.2, 0.25) is 0 Å². The van der Waals surface area contributed by atoms with Gasteiger partial charge in [-0.1, -0.05) is 0 Å². The molecular formula is CClNZn. The number of nitriles is 1. The van der Waals surface area contributed by atoms with Gasteiger partial charge in [0.1, 0.15) is 0 Å². The molecule has 0 saturated carbocycles. The van der Waals surface area contributed by atoms with Gasteiger partial charge in [0.15, 0.2) is 0 Å². The van der Waals surface area contributed by atoms with Gasteiger partial charge in [0, 0.05) is 0 Å². The predicted molar refractivity (Wildman–Crippen MR) is 11.5 cm³/mol. The summed E-state index contributed by atoms with van der Waals surface area (Å²) >= 11 is -1.11. The van der Waals surface area contributed by atoms with Crippen LogP contribution in [0.5, 0.6) is 0 Å². The molecule has 0 radical (unpaired) electrons. The Bertz CT molecular complexity index is 37.8. The fraction of sp³-hybridized carbons (Fsp3) is 0. The summed E-state index contributed by atoms with van der Waals surface area (Å²) in [5, 5.41) is 7.58. The molecule has 0 heterocycles. The van der Waals surface area contributed by atoms with Crippen LogP contribution in [0.4, 0.5) is 0 Å². The molecular weight excluding hydrogens is 127 g/mol. The van der Waals surface area contributed by atoms with E-state index in [4.69, 9.17) is 15.0 Å². The Kier molecular flexibility index (Phi) is 3.75. The Morgan fingerprint density at radius 1 is 2.00 bits per heavy atom. The second kappa shape index (κ2) is 3.40. The van der Waals surface area contributed by atoms with Crippen LogP contribution in [0, 0.1) is 9.93 Å². The number of rotatable bonds is 0. The SMILES string of the molecule is N#[C][Zn][Cl]. The average molecular weight is 127 g/mol. The van der Waals surface area contributed by atoms with Gasteiger partial charge >= 0.3 is 35.8 Å². The summed E-state index contributed by atoms with van der Waals surface area (Å²) in [6.07, 6.45) is 0. The van der Waals surface area contributed by atoms with Crippen LogP contribution in [0.15, 0.2) is 0 Å². The molecule has 0 aromatic heterocycles. The predicted octanol–water partition coefficient (Wildman–Crippen LogP) is 0.704. The van der Waals surface area contributed by atoms with Gasteiger partial charge in [-0.25, -0.2) is 0 Å². The molecule has 0 aliphatic rings. The van der Waals surface area contributed by atoms with Crippen molar-refractivity contribution in [3.63, 3.8) is 0 Å². The van der Waals surface area contributed by atoms with Crippen molar-refractivity contribution in [2.75, 3.05) is 0 Å². The third-order valence-electron chi connectivity index (χ3n) is 0.0598. The molecule has 0 amide bonds. The van der Waals surface area contributed by atoms with Crippen LogP contribution >= 0.6 is 9.69 Å². The van der Waals surface area contributed by atoms with E-state index >= 15 is 0 Å². The molecule has 0 N–H and O–H groups in total. The van der Waals surface area contributed by atoms with Gasteiger partial charge in [0.05, 0.1) is 0 Å². The first-order valence-corrected chi connectivity index (χ1v) is 6.23. The normalized spacial score (nSPS) is 3.00. The van der Waals surface area contributed by atoms with E-state index in [2.05, 4.69) is 0 Å². The van der Waals surface area contributed by atoms with Crippen molar-refractivity contribution >= 4 is 9.69 Å². The molecule has 0 spiro atoms. The average Bonchev–Trinajstić information content (AvgIpc) is 1.37. The third-order valence-corrected chi connectivity index (χ3v) is 0.932. The van der Waals surface area contributed by atoms with E-state index < -0.39 is 16.1 Å². The summed E-state index contributed by atoms with van der Waals surface area (Å²) in [5.41, 5.74) is 0. The first-order chi connectivity index (χ1) is 1.91. The van der Waals surface area contributed by atoms with Gasteiger partial charge in [-0.15, -0.1) is 0 Å². The van der Waals surface area contributed by atoms with Crippen molar-refractivity contribution in [1.29, 1.82) is 5.26 Å². The van der Waals surface area contributed by atoms with Crippen molar-refractivity contribution in [3.05, 3.63) is 0 Å². The van der Waals surface area contributed by atoms with Crippen LogP contribution in [-0.2, 0) is 16.1 Å². The second-order valence-electron chi connectivity index (χ2n) is 0.292. The molecule has 4 heavy (non-hydrogen) atoms. The summed E-state index contributed by atoms with van der Waals surface area (Å²) in [5.74, 6) is 0. The number of hydrogen-bond acceptors (Lipinski definition) is 1. The van der Waals surface area contributed by atoms with Gasteiger partial charge in [-0.2, -0.15) is 0 Å². The molecule has 0 bridgehead atoms. The molecule has 0 atom stereocenters. The molecule has 0 aromatic carbocycles. The maximum atomic E-state index is 7.58. The van der Waals surface area contributed by atoms with Crippen LogP contribution in [0.25, 0.3) is 0 Å². The van der Waals surface area contributed by atoms with Crippen LogP contribution in [0.3, 0.4) is 0 Å². The van der Waals surface area contributed by atoms with E-state index in [-0.39, 0.29) is 0 Å². The van der Waals surface area contributed by atoms with E-state index in [1.807, 2.05) is 4.66 Å². The zero-order valence-corrected chi connectivity index (χ0v) is 5.76. The van der Waals surface area contributed by atoms with Crippen molar-refractivity contribution < 1.29 is 16.1 Å². The zero-order chi connectivity index (χ0) is 3.41. The van der Waals surface area contributed by atoms with E-state index in [1.54, 1.807) is 0 Å². The van der Waals surface area contributed by atoms with E-state index in [1.165, 1.54) is 0 Å². The Morgan fingerprint density at radius 2 is 2.25 bits per heavy atom. The molecule has 3 heteroatoms. The molecule has 0 aliphatic carbocycles. The molecule has 0 rings (SSSR count). The molecule has 0 unspecified atom stereocenters. The standard InChI is InChI=1S/CN.ClH.Zn/c1-2;;/h;1H;/q;;+1/p-1. The third kappa shape index (κ3) is 2.40. The van der Waals surface area contributed by atoms with Gasteiger partial charge in [0.2, 0.25) is 0 Å². The van der Waals surface area contributed by atoms with Gasteiger partial charge < -0.3 is 0 Å². The Hall–Kier alpha value is 0.403. The Labute approximate surface area is 36.2 Å². The van der Waals surface area contributed by atoms with Crippen molar-refractivity contribution in [2.24, 2.45) is 0 Å². The van der Waals surface area contributed by atoms with E-state index in [0.29, 0.717) is 0 Å². The van der Waals surface area contributed by atoms with Crippen LogP contribution < -0.4 is 0 Å². The summed E-state index contributed by atoms with van der Waals surface area (Å²) in [6, 6.07) is 0. The summed E-state index contributed by atoms with van der Waals surface area (Å²) in [7, 11) is 5.01. The summed E-state index contributed by atoms with van der Waals surface area (Å²) < 4.78 is 1.88. The van der Waals surface area contributed by atoms with Gasteiger partial charge in [-0.3, -0.25) is 0 Å². The summed E-state index contributed by atoms with van der Waals surface area (Å²) in [4.78, 5) is 0. The molecule has 18 valence electrons. The fourth-order valence-electron chi connectivity index (χ4n) is 0. The summed E-state index contributed by atoms with van der Waals surface area (Å²) in [6.45, 7) is 0. The molecule has 0 aliphatic heterocycles. The molecule has 0 aromatic rings. The molecule has 1 nitrogen and oxygen atoms in total. The fourth-order valence-corrected chi connectivity index (χ4v) is 0. The maximum absolute atomic E-state index is 7.58. The van der Waals surface area contributed by atoms with Gasteiger partial charge in [-0.05, 0) is 0 Å². The monoisotopic (exact) mass is 125 g/mol. The molecule has 0 saturated heterocycles. The first-order valence-electron chi connectivity index (χ1n) is 0.844. The number of halogens is 1. The Morgan fingerprint density at radius 3 is 2.25 bits per heavy atom. The second-order valence-corrected chi connectivity index (χ2v) is 2.90. The number of nitrogens with zero attached hydrogens (tertiary/aromatic N) is 1. The molecule has 0 fully saturated rings. The van der Waals surface area contributed by atoms with Crippen molar-refractivity contribution in [2.45, 2.75) is 0 Å². The first kappa shape index (κ1) is 4.40. The quantitative estimate of drug-likeness (QED) is 0.439. The van der Waals surface area contributed by atoms with Crippen molar-refractivity contribution in [1.82, 2.24) is 0 Å².